The molecule has 0 saturated carbocycles. The van der Waals surface area contributed by atoms with Crippen LogP contribution in [0.1, 0.15) is 16.2 Å². The van der Waals surface area contributed by atoms with Crippen molar-refractivity contribution in [2.45, 2.75) is 17.5 Å². The zero-order valence-corrected chi connectivity index (χ0v) is 14.8. The van der Waals surface area contributed by atoms with Gasteiger partial charge in [-0.3, -0.25) is 4.79 Å². The Labute approximate surface area is 151 Å². The number of aromatic amines is 1. The molecular weight excluding hydrogens is 360 g/mol. The normalized spacial score (nSPS) is 17.8. The van der Waals surface area contributed by atoms with Gasteiger partial charge in [0.15, 0.2) is 0 Å². The minimum atomic E-state index is -3.76. The summed E-state index contributed by atoms with van der Waals surface area (Å²) in [6, 6.07) is 5.84. The second kappa shape index (κ2) is 8.41. The molecule has 9 nitrogen and oxygen atoms in total. The van der Waals surface area contributed by atoms with Crippen LogP contribution in [0.2, 0.25) is 0 Å². The number of hydrogen-bond donors (Lipinski definition) is 3. The number of nitrogens with one attached hydrogen (secondary N) is 3. The van der Waals surface area contributed by atoms with E-state index in [4.69, 9.17) is 9.47 Å². The van der Waals surface area contributed by atoms with Crippen LogP contribution in [-0.2, 0) is 26.0 Å². The van der Waals surface area contributed by atoms with Crippen LogP contribution in [0.15, 0.2) is 41.6 Å². The van der Waals surface area contributed by atoms with Crippen LogP contribution in [0, 0.1) is 0 Å². The highest BCUT2D eigenvalue weighted by Crippen LogP contribution is 2.12. The van der Waals surface area contributed by atoms with Crippen molar-refractivity contribution in [3.63, 3.8) is 0 Å². The quantitative estimate of drug-likeness (QED) is 0.623. The average molecular weight is 380 g/mol. The summed E-state index contributed by atoms with van der Waals surface area (Å²) in [5.74, 6) is 0.124. The number of carbonyl (C=O) groups excluding carboxylic acids is 1. The fraction of sp³-hybridized carbons (Fsp3) is 0.375. The molecule has 0 unspecified atom stereocenters. The molecule has 1 fully saturated rings. The largest absolute Gasteiger partial charge is 0.376 e. The number of benzene rings is 1. The molecule has 3 rings (SSSR count). The predicted molar refractivity (Wildman–Crippen MR) is 91.9 cm³/mol. The summed E-state index contributed by atoms with van der Waals surface area (Å²) in [4.78, 5) is 19.1. The summed E-state index contributed by atoms with van der Waals surface area (Å²) in [5, 5.41) is 2.73. The standard InChI is InChI=1S/C16H20N4O5S/c21-16(19-9-13-11-24-6-7-25-13)12-2-1-3-14(8-12)26(22,23)20-10-15-17-4-5-18-15/h1-5,8,13,20H,6-7,9-11H2,(H,17,18)(H,19,21)/t13-/m0/s1. The van der Waals surface area contributed by atoms with Crippen LogP contribution in [-0.4, -0.2) is 56.8 Å². The molecule has 26 heavy (non-hydrogen) atoms. The molecule has 1 aliphatic heterocycles. The van der Waals surface area contributed by atoms with E-state index in [1.165, 1.54) is 24.4 Å². The van der Waals surface area contributed by atoms with Crippen LogP contribution < -0.4 is 10.0 Å². The van der Waals surface area contributed by atoms with Crippen molar-refractivity contribution in [3.8, 4) is 0 Å². The highest BCUT2D eigenvalue weighted by molar-refractivity contribution is 7.89. The molecule has 0 aliphatic carbocycles. The molecule has 0 radical (unpaired) electrons. The number of nitrogens with zero attached hydrogens (tertiary/aromatic N) is 1. The predicted octanol–water partition coefficient (Wildman–Crippen LogP) is 0.0334. The van der Waals surface area contributed by atoms with Gasteiger partial charge in [0.05, 0.1) is 37.4 Å². The van der Waals surface area contributed by atoms with E-state index in [1.807, 2.05) is 0 Å². The number of carbonyl (C=O) groups is 1. The van der Waals surface area contributed by atoms with E-state index in [0.717, 1.165) is 0 Å². The van der Waals surface area contributed by atoms with Gasteiger partial charge in [-0.25, -0.2) is 18.1 Å². The SMILES string of the molecule is O=C(NC[C@H]1COCCO1)c1cccc(S(=O)(=O)NCc2ncc[nH]2)c1. The zero-order valence-electron chi connectivity index (χ0n) is 14.0. The Morgan fingerprint density at radius 3 is 2.96 bits per heavy atom. The van der Waals surface area contributed by atoms with Gasteiger partial charge in [0, 0.05) is 24.5 Å². The first-order valence-electron chi connectivity index (χ1n) is 8.10. The lowest BCUT2D eigenvalue weighted by atomic mass is 10.2. The Hall–Kier alpha value is -2.27. The molecule has 3 N–H and O–H groups in total. The fourth-order valence-corrected chi connectivity index (χ4v) is 3.44. The Morgan fingerprint density at radius 1 is 1.35 bits per heavy atom. The van der Waals surface area contributed by atoms with Crippen molar-refractivity contribution in [3.05, 3.63) is 48.0 Å². The van der Waals surface area contributed by atoms with Gasteiger partial charge < -0.3 is 19.8 Å². The summed E-state index contributed by atoms with van der Waals surface area (Å²) in [6.45, 7) is 1.80. The monoisotopic (exact) mass is 380 g/mol. The first-order valence-corrected chi connectivity index (χ1v) is 9.58. The van der Waals surface area contributed by atoms with Crippen molar-refractivity contribution in [2.75, 3.05) is 26.4 Å². The molecular formula is C16H20N4O5S. The Kier molecular flexibility index (Phi) is 5.99. The maximum absolute atomic E-state index is 12.4. The van der Waals surface area contributed by atoms with Crippen molar-refractivity contribution in [1.82, 2.24) is 20.0 Å². The third kappa shape index (κ3) is 4.88. The summed E-state index contributed by atoms with van der Waals surface area (Å²) in [6.07, 6.45) is 2.94. The number of imidazole rings is 1. The van der Waals surface area contributed by atoms with Crippen LogP contribution in [0.25, 0.3) is 0 Å². The topological polar surface area (TPSA) is 122 Å². The minimum absolute atomic E-state index is 0.00829. The highest BCUT2D eigenvalue weighted by Gasteiger charge is 2.18. The van der Waals surface area contributed by atoms with Crippen LogP contribution in [0.5, 0.6) is 0 Å². The number of amides is 1. The maximum atomic E-state index is 12.4. The molecule has 2 aromatic rings. The van der Waals surface area contributed by atoms with Gasteiger partial charge in [0.25, 0.3) is 5.91 Å². The van der Waals surface area contributed by atoms with Crippen molar-refractivity contribution < 1.29 is 22.7 Å². The van der Waals surface area contributed by atoms with Crippen molar-refractivity contribution in [1.29, 1.82) is 0 Å². The molecule has 1 saturated heterocycles. The number of sulfonamides is 1. The van der Waals surface area contributed by atoms with E-state index < -0.39 is 10.0 Å². The second-order valence-electron chi connectivity index (χ2n) is 5.67. The number of hydrogen-bond acceptors (Lipinski definition) is 6. The van der Waals surface area contributed by atoms with Gasteiger partial charge in [0.2, 0.25) is 10.0 Å². The van der Waals surface area contributed by atoms with Crippen LogP contribution in [0.4, 0.5) is 0 Å². The summed E-state index contributed by atoms with van der Waals surface area (Å²) in [7, 11) is -3.76. The van der Waals surface area contributed by atoms with Crippen molar-refractivity contribution in [2.24, 2.45) is 0 Å². The molecule has 1 aromatic heterocycles. The van der Waals surface area contributed by atoms with Gasteiger partial charge in [-0.2, -0.15) is 0 Å². The van der Waals surface area contributed by atoms with Gasteiger partial charge in [-0.1, -0.05) is 6.07 Å². The van der Waals surface area contributed by atoms with Gasteiger partial charge in [0.1, 0.15) is 5.82 Å². The van der Waals surface area contributed by atoms with Crippen LogP contribution >= 0.6 is 0 Å². The van der Waals surface area contributed by atoms with E-state index in [0.29, 0.717) is 32.2 Å². The molecule has 0 bridgehead atoms. The lowest BCUT2D eigenvalue weighted by Gasteiger charge is -2.23. The molecule has 1 aromatic carbocycles. The van der Waals surface area contributed by atoms with E-state index in [9.17, 15) is 13.2 Å². The van der Waals surface area contributed by atoms with Crippen LogP contribution in [0.3, 0.4) is 0 Å². The van der Waals surface area contributed by atoms with E-state index in [-0.39, 0.29) is 29.0 Å². The molecule has 1 aliphatic rings. The summed E-state index contributed by atoms with van der Waals surface area (Å²) >= 11 is 0. The molecule has 0 spiro atoms. The molecule has 140 valence electrons. The lowest BCUT2D eigenvalue weighted by Crippen LogP contribution is -2.39. The first-order chi connectivity index (χ1) is 12.5. The Balaban J connectivity index is 1.61. The second-order valence-corrected chi connectivity index (χ2v) is 7.43. The van der Waals surface area contributed by atoms with Gasteiger partial charge in [-0.15, -0.1) is 0 Å². The molecule has 2 heterocycles. The van der Waals surface area contributed by atoms with Gasteiger partial charge in [-0.05, 0) is 18.2 Å². The zero-order chi connectivity index (χ0) is 18.4. The number of H-pyrrole nitrogens is 1. The highest BCUT2D eigenvalue weighted by atomic mass is 32.2. The maximum Gasteiger partial charge on any atom is 0.251 e. The fourth-order valence-electron chi connectivity index (χ4n) is 2.41. The van der Waals surface area contributed by atoms with Gasteiger partial charge >= 0.3 is 0 Å². The molecule has 1 amide bonds. The van der Waals surface area contributed by atoms with E-state index >= 15 is 0 Å². The summed E-state index contributed by atoms with van der Waals surface area (Å²) in [5.41, 5.74) is 0.252. The number of aromatic nitrogens is 2. The average Bonchev–Trinajstić information content (AvgIpc) is 3.19. The van der Waals surface area contributed by atoms with Crippen molar-refractivity contribution >= 4 is 15.9 Å². The molecule has 10 heteroatoms. The number of ether oxygens (including phenoxy) is 2. The van der Waals surface area contributed by atoms with E-state index in [1.54, 1.807) is 12.3 Å². The number of rotatable bonds is 7. The first kappa shape index (κ1) is 18.5. The minimum Gasteiger partial charge on any atom is -0.376 e. The third-order valence-electron chi connectivity index (χ3n) is 3.77. The van der Waals surface area contributed by atoms with E-state index in [2.05, 4.69) is 20.0 Å². The Morgan fingerprint density at radius 2 is 2.23 bits per heavy atom. The lowest BCUT2D eigenvalue weighted by molar-refractivity contribution is -0.0855. The molecule has 1 atom stereocenters. The third-order valence-corrected chi connectivity index (χ3v) is 5.17. The smallest absolute Gasteiger partial charge is 0.251 e. The summed E-state index contributed by atoms with van der Waals surface area (Å²) < 4.78 is 37.9. The Bertz CT molecular complexity index is 832.